The molecular weight excluding hydrogens is 178 g/mol. The van der Waals surface area contributed by atoms with E-state index in [4.69, 9.17) is 11.5 Å². The number of anilines is 1. The van der Waals surface area contributed by atoms with Gasteiger partial charge in [0.05, 0.1) is 12.1 Å². The average molecular weight is 189 g/mol. The molecule has 0 fully saturated rings. The van der Waals surface area contributed by atoms with Crippen LogP contribution >= 0.6 is 0 Å². The van der Waals surface area contributed by atoms with Crippen LogP contribution in [0.3, 0.4) is 0 Å². The van der Waals surface area contributed by atoms with Crippen LogP contribution in [0, 0.1) is 19.3 Å². The monoisotopic (exact) mass is 189 g/mol. The molecule has 0 bridgehead atoms. The topological polar surface area (TPSA) is 49.3 Å². The van der Waals surface area contributed by atoms with E-state index in [-0.39, 0.29) is 5.56 Å². The maximum absolute atomic E-state index is 10.6. The molecular formula is C11H11NO2. The Balaban J connectivity index is 2.91. The first-order chi connectivity index (χ1) is 6.65. The third kappa shape index (κ3) is 2.27. The first kappa shape index (κ1) is 10.1. The van der Waals surface area contributed by atoms with Gasteiger partial charge < -0.3 is 10.4 Å². The fraction of sp³-hybridized carbons (Fsp3) is 0.182. The Bertz CT molecular complexity index is 391. The second-order valence-electron chi connectivity index (χ2n) is 2.89. The van der Waals surface area contributed by atoms with Crippen molar-refractivity contribution in [3.8, 4) is 12.3 Å². The van der Waals surface area contributed by atoms with Crippen molar-refractivity contribution in [2.45, 2.75) is 6.92 Å². The average Bonchev–Trinajstić information content (AvgIpc) is 2.15. The molecule has 14 heavy (non-hydrogen) atoms. The molecule has 1 rings (SSSR count). The molecule has 2 N–H and O–H groups in total. The minimum atomic E-state index is -0.920. The van der Waals surface area contributed by atoms with Crippen LogP contribution in [0.1, 0.15) is 15.9 Å². The number of carboxylic acid groups (broad SMARTS) is 1. The Kier molecular flexibility index (Phi) is 3.14. The van der Waals surface area contributed by atoms with Crippen LogP contribution in [0.2, 0.25) is 0 Å². The SMILES string of the molecule is C#CCNc1ccc(C(=O)O)cc1C. The highest BCUT2D eigenvalue weighted by atomic mass is 16.4. The second-order valence-corrected chi connectivity index (χ2v) is 2.89. The summed E-state index contributed by atoms with van der Waals surface area (Å²) in [6.07, 6.45) is 5.10. The number of hydrogen-bond acceptors (Lipinski definition) is 2. The normalized spacial score (nSPS) is 9.14. The Morgan fingerprint density at radius 2 is 2.36 bits per heavy atom. The first-order valence-electron chi connectivity index (χ1n) is 4.16. The van der Waals surface area contributed by atoms with Crippen LogP contribution < -0.4 is 5.32 Å². The van der Waals surface area contributed by atoms with E-state index in [1.807, 2.05) is 6.92 Å². The number of carbonyl (C=O) groups is 1. The van der Waals surface area contributed by atoms with Gasteiger partial charge in [0.2, 0.25) is 0 Å². The van der Waals surface area contributed by atoms with Crippen molar-refractivity contribution in [1.82, 2.24) is 0 Å². The maximum atomic E-state index is 10.6. The highest BCUT2D eigenvalue weighted by molar-refractivity contribution is 5.88. The van der Waals surface area contributed by atoms with Crippen molar-refractivity contribution < 1.29 is 9.90 Å². The molecule has 0 radical (unpaired) electrons. The van der Waals surface area contributed by atoms with E-state index in [1.165, 1.54) is 0 Å². The van der Waals surface area contributed by atoms with E-state index < -0.39 is 5.97 Å². The van der Waals surface area contributed by atoms with Gasteiger partial charge in [-0.3, -0.25) is 0 Å². The van der Waals surface area contributed by atoms with Crippen molar-refractivity contribution >= 4 is 11.7 Å². The summed E-state index contributed by atoms with van der Waals surface area (Å²) in [5, 5.41) is 11.7. The Morgan fingerprint density at radius 3 is 2.86 bits per heavy atom. The zero-order chi connectivity index (χ0) is 10.6. The minimum Gasteiger partial charge on any atom is -0.478 e. The van der Waals surface area contributed by atoms with Crippen LogP contribution in [-0.2, 0) is 0 Å². The third-order valence-electron chi connectivity index (χ3n) is 1.85. The Labute approximate surface area is 82.8 Å². The molecule has 0 unspecified atom stereocenters. The molecule has 1 aromatic rings. The maximum Gasteiger partial charge on any atom is 0.335 e. The molecule has 0 atom stereocenters. The predicted octanol–water partition coefficient (Wildman–Crippen LogP) is 1.74. The van der Waals surface area contributed by atoms with Crippen molar-refractivity contribution in [3.05, 3.63) is 29.3 Å². The number of hydrogen-bond donors (Lipinski definition) is 2. The number of aryl methyl sites for hydroxylation is 1. The zero-order valence-corrected chi connectivity index (χ0v) is 7.87. The van der Waals surface area contributed by atoms with Gasteiger partial charge in [0.25, 0.3) is 0 Å². The molecule has 0 aliphatic heterocycles. The molecule has 0 saturated carbocycles. The van der Waals surface area contributed by atoms with Crippen LogP contribution in [0.15, 0.2) is 18.2 Å². The molecule has 3 heteroatoms. The number of terminal acetylenes is 1. The predicted molar refractivity (Wildman–Crippen MR) is 55.5 cm³/mol. The number of rotatable bonds is 3. The largest absolute Gasteiger partial charge is 0.478 e. The summed E-state index contributed by atoms with van der Waals surface area (Å²) in [6, 6.07) is 4.88. The summed E-state index contributed by atoms with van der Waals surface area (Å²) >= 11 is 0. The van der Waals surface area contributed by atoms with Crippen molar-refractivity contribution in [2.75, 3.05) is 11.9 Å². The van der Waals surface area contributed by atoms with E-state index >= 15 is 0 Å². The lowest BCUT2D eigenvalue weighted by molar-refractivity contribution is 0.0697. The molecule has 0 aliphatic carbocycles. The van der Waals surface area contributed by atoms with Gasteiger partial charge in [0, 0.05) is 5.69 Å². The summed E-state index contributed by atoms with van der Waals surface area (Å²) < 4.78 is 0. The Hall–Kier alpha value is -1.95. The first-order valence-corrected chi connectivity index (χ1v) is 4.16. The van der Waals surface area contributed by atoms with E-state index in [0.29, 0.717) is 6.54 Å². The van der Waals surface area contributed by atoms with Crippen LogP contribution in [0.4, 0.5) is 5.69 Å². The fourth-order valence-electron chi connectivity index (χ4n) is 1.14. The summed E-state index contributed by atoms with van der Waals surface area (Å²) in [5.41, 5.74) is 2.03. The van der Waals surface area contributed by atoms with Gasteiger partial charge in [-0.2, -0.15) is 0 Å². The smallest absolute Gasteiger partial charge is 0.335 e. The number of aromatic carboxylic acids is 1. The molecule has 0 spiro atoms. The number of nitrogens with one attached hydrogen (secondary N) is 1. The fourth-order valence-corrected chi connectivity index (χ4v) is 1.14. The van der Waals surface area contributed by atoms with Gasteiger partial charge in [-0.15, -0.1) is 6.42 Å². The lowest BCUT2D eigenvalue weighted by Gasteiger charge is -2.07. The standard InChI is InChI=1S/C11H11NO2/c1-3-6-12-10-5-4-9(11(13)14)7-8(10)2/h1,4-5,7,12H,6H2,2H3,(H,13,14). The Morgan fingerprint density at radius 1 is 1.64 bits per heavy atom. The molecule has 72 valence electrons. The van der Waals surface area contributed by atoms with E-state index in [2.05, 4.69) is 11.2 Å². The molecule has 1 aromatic carbocycles. The second kappa shape index (κ2) is 4.33. The van der Waals surface area contributed by atoms with E-state index in [1.54, 1.807) is 18.2 Å². The molecule has 0 amide bonds. The van der Waals surface area contributed by atoms with Crippen LogP contribution in [-0.4, -0.2) is 17.6 Å². The summed E-state index contributed by atoms with van der Waals surface area (Å²) in [4.78, 5) is 10.6. The number of carboxylic acids is 1. The van der Waals surface area contributed by atoms with Crippen LogP contribution in [0.25, 0.3) is 0 Å². The summed E-state index contributed by atoms with van der Waals surface area (Å²) in [5.74, 6) is 1.53. The molecule has 3 nitrogen and oxygen atoms in total. The van der Waals surface area contributed by atoms with Gasteiger partial charge in [-0.05, 0) is 30.7 Å². The molecule has 0 aromatic heterocycles. The minimum absolute atomic E-state index is 0.286. The van der Waals surface area contributed by atoms with Crippen molar-refractivity contribution in [1.29, 1.82) is 0 Å². The van der Waals surface area contributed by atoms with Crippen molar-refractivity contribution in [2.24, 2.45) is 0 Å². The number of benzene rings is 1. The van der Waals surface area contributed by atoms with Crippen LogP contribution in [0.5, 0.6) is 0 Å². The lowest BCUT2D eigenvalue weighted by atomic mass is 10.1. The highest BCUT2D eigenvalue weighted by Crippen LogP contribution is 2.15. The molecule has 0 saturated heterocycles. The summed E-state index contributed by atoms with van der Waals surface area (Å²) in [6.45, 7) is 2.28. The van der Waals surface area contributed by atoms with Gasteiger partial charge in [-0.25, -0.2) is 4.79 Å². The van der Waals surface area contributed by atoms with Crippen molar-refractivity contribution in [3.63, 3.8) is 0 Å². The third-order valence-corrected chi connectivity index (χ3v) is 1.85. The summed E-state index contributed by atoms with van der Waals surface area (Å²) in [7, 11) is 0. The van der Waals surface area contributed by atoms with Gasteiger partial charge in [0.1, 0.15) is 0 Å². The zero-order valence-electron chi connectivity index (χ0n) is 7.87. The van der Waals surface area contributed by atoms with E-state index in [0.717, 1.165) is 11.3 Å². The van der Waals surface area contributed by atoms with Gasteiger partial charge >= 0.3 is 5.97 Å². The van der Waals surface area contributed by atoms with Gasteiger partial charge in [0.15, 0.2) is 0 Å². The van der Waals surface area contributed by atoms with E-state index in [9.17, 15) is 4.79 Å². The molecule has 0 heterocycles. The van der Waals surface area contributed by atoms with Gasteiger partial charge in [-0.1, -0.05) is 5.92 Å². The lowest BCUT2D eigenvalue weighted by Crippen LogP contribution is -2.02. The highest BCUT2D eigenvalue weighted by Gasteiger charge is 2.04. The molecule has 0 aliphatic rings. The quantitative estimate of drug-likeness (QED) is 0.712.